The molecular weight excluding hydrogens is 373 g/mol. The number of carbonyl (C=O) groups excluding carboxylic acids is 1. The van der Waals surface area contributed by atoms with Crippen molar-refractivity contribution < 1.29 is 4.79 Å². The number of nitrogens with one attached hydrogen (secondary N) is 1. The number of aromatic nitrogens is 4. The van der Waals surface area contributed by atoms with Gasteiger partial charge >= 0.3 is 0 Å². The SMILES string of the molecule is Cc1nc2ncnn2c(C)c1CCC(=O)N[C@@H](C)c1ccc(Cl)cc1Cl. The van der Waals surface area contributed by atoms with Crippen molar-refractivity contribution in [2.75, 3.05) is 0 Å². The van der Waals surface area contributed by atoms with Gasteiger partial charge in [0, 0.05) is 27.9 Å². The second kappa shape index (κ2) is 7.60. The van der Waals surface area contributed by atoms with E-state index in [1.54, 1.807) is 16.6 Å². The lowest BCUT2D eigenvalue weighted by atomic mass is 10.1. The normalized spacial score (nSPS) is 12.3. The zero-order valence-electron chi connectivity index (χ0n) is 14.8. The molecule has 26 heavy (non-hydrogen) atoms. The predicted molar refractivity (Wildman–Crippen MR) is 102 cm³/mol. The van der Waals surface area contributed by atoms with Gasteiger partial charge in [-0.25, -0.2) is 9.50 Å². The monoisotopic (exact) mass is 391 g/mol. The summed E-state index contributed by atoms with van der Waals surface area (Å²) < 4.78 is 1.69. The number of fused-ring (bicyclic) bond motifs is 1. The van der Waals surface area contributed by atoms with Crippen molar-refractivity contribution in [3.05, 3.63) is 57.1 Å². The third-order valence-corrected chi connectivity index (χ3v) is 4.96. The molecule has 136 valence electrons. The average molecular weight is 392 g/mol. The maximum atomic E-state index is 12.4. The molecule has 1 N–H and O–H groups in total. The third-order valence-electron chi connectivity index (χ3n) is 4.40. The first-order chi connectivity index (χ1) is 12.4. The van der Waals surface area contributed by atoms with Crippen molar-refractivity contribution in [1.29, 1.82) is 0 Å². The van der Waals surface area contributed by atoms with Crippen LogP contribution in [0.2, 0.25) is 10.0 Å². The number of carbonyl (C=O) groups is 1. The zero-order chi connectivity index (χ0) is 18.8. The van der Waals surface area contributed by atoms with Crippen LogP contribution in [0.3, 0.4) is 0 Å². The van der Waals surface area contributed by atoms with E-state index in [-0.39, 0.29) is 11.9 Å². The van der Waals surface area contributed by atoms with Gasteiger partial charge in [0.25, 0.3) is 5.78 Å². The van der Waals surface area contributed by atoms with Crippen LogP contribution in [0.15, 0.2) is 24.5 Å². The Morgan fingerprint density at radius 2 is 2.08 bits per heavy atom. The largest absolute Gasteiger partial charge is 0.350 e. The molecule has 0 spiro atoms. The predicted octanol–water partition coefficient (Wildman–Crippen LogP) is 3.86. The smallest absolute Gasteiger partial charge is 0.252 e. The number of hydrogen-bond acceptors (Lipinski definition) is 4. The summed E-state index contributed by atoms with van der Waals surface area (Å²) in [7, 11) is 0. The van der Waals surface area contributed by atoms with Crippen molar-refractivity contribution in [2.45, 2.75) is 39.7 Å². The standard InChI is InChI=1S/C18H19Cl2N5O/c1-10-14(12(3)25-18(24-10)21-9-22-25)6-7-17(26)23-11(2)15-5-4-13(19)8-16(15)20/h4-5,8-9,11H,6-7H2,1-3H3,(H,23,26)/t11-/m0/s1. The van der Waals surface area contributed by atoms with Crippen LogP contribution in [0.5, 0.6) is 0 Å². The summed E-state index contributed by atoms with van der Waals surface area (Å²) in [4.78, 5) is 20.9. The van der Waals surface area contributed by atoms with Crippen molar-refractivity contribution in [1.82, 2.24) is 24.9 Å². The van der Waals surface area contributed by atoms with E-state index in [9.17, 15) is 4.79 Å². The fourth-order valence-electron chi connectivity index (χ4n) is 3.00. The van der Waals surface area contributed by atoms with Gasteiger partial charge in [0.15, 0.2) is 0 Å². The maximum absolute atomic E-state index is 12.4. The van der Waals surface area contributed by atoms with Gasteiger partial charge in [0.05, 0.1) is 6.04 Å². The Balaban J connectivity index is 1.67. The Kier molecular flexibility index (Phi) is 5.44. The highest BCUT2D eigenvalue weighted by Crippen LogP contribution is 2.26. The highest BCUT2D eigenvalue weighted by molar-refractivity contribution is 6.35. The summed E-state index contributed by atoms with van der Waals surface area (Å²) in [5, 5.41) is 8.25. The highest BCUT2D eigenvalue weighted by atomic mass is 35.5. The van der Waals surface area contributed by atoms with E-state index in [1.165, 1.54) is 6.33 Å². The van der Waals surface area contributed by atoms with E-state index in [0.717, 1.165) is 22.5 Å². The van der Waals surface area contributed by atoms with E-state index in [4.69, 9.17) is 23.2 Å². The molecule has 0 aliphatic heterocycles. The topological polar surface area (TPSA) is 72.2 Å². The Hall–Kier alpha value is -2.18. The van der Waals surface area contributed by atoms with Crippen LogP contribution in [0.1, 0.15) is 41.9 Å². The van der Waals surface area contributed by atoms with Crippen LogP contribution >= 0.6 is 23.2 Å². The summed E-state index contributed by atoms with van der Waals surface area (Å²) in [5.41, 5.74) is 3.66. The van der Waals surface area contributed by atoms with E-state index < -0.39 is 0 Å². The van der Waals surface area contributed by atoms with Crippen LogP contribution in [0, 0.1) is 13.8 Å². The second-order valence-corrected chi connectivity index (χ2v) is 7.03. The van der Waals surface area contributed by atoms with E-state index in [0.29, 0.717) is 28.7 Å². The Bertz CT molecular complexity index is 970. The number of halogens is 2. The quantitative estimate of drug-likeness (QED) is 0.716. The molecule has 1 atom stereocenters. The molecule has 0 saturated carbocycles. The molecule has 6 nitrogen and oxygen atoms in total. The average Bonchev–Trinajstić information content (AvgIpc) is 3.02. The molecule has 2 heterocycles. The van der Waals surface area contributed by atoms with Gasteiger partial charge in [-0.3, -0.25) is 4.79 Å². The Labute approximate surface area is 161 Å². The minimum atomic E-state index is -0.203. The molecule has 0 fully saturated rings. The molecule has 0 saturated heterocycles. The van der Waals surface area contributed by atoms with E-state index >= 15 is 0 Å². The van der Waals surface area contributed by atoms with Crippen molar-refractivity contribution in [3.63, 3.8) is 0 Å². The van der Waals surface area contributed by atoms with Gasteiger partial charge in [0.1, 0.15) is 6.33 Å². The highest BCUT2D eigenvalue weighted by Gasteiger charge is 2.15. The lowest BCUT2D eigenvalue weighted by Crippen LogP contribution is -2.27. The van der Waals surface area contributed by atoms with Gasteiger partial charge < -0.3 is 5.32 Å². The molecule has 1 amide bonds. The fourth-order valence-corrected chi connectivity index (χ4v) is 3.57. The van der Waals surface area contributed by atoms with Crippen molar-refractivity contribution in [3.8, 4) is 0 Å². The van der Waals surface area contributed by atoms with Crippen LogP contribution < -0.4 is 5.32 Å². The first kappa shape index (κ1) is 18.6. The number of rotatable bonds is 5. The summed E-state index contributed by atoms with van der Waals surface area (Å²) in [6.07, 6.45) is 2.40. The summed E-state index contributed by atoms with van der Waals surface area (Å²) >= 11 is 12.1. The Morgan fingerprint density at radius 1 is 1.31 bits per heavy atom. The molecule has 3 rings (SSSR count). The van der Waals surface area contributed by atoms with Crippen LogP contribution in [0.4, 0.5) is 0 Å². The first-order valence-electron chi connectivity index (χ1n) is 8.27. The third kappa shape index (κ3) is 3.81. The molecule has 0 aliphatic rings. The van der Waals surface area contributed by atoms with E-state index in [2.05, 4.69) is 20.4 Å². The van der Waals surface area contributed by atoms with Crippen LogP contribution in [-0.2, 0) is 11.2 Å². The summed E-state index contributed by atoms with van der Waals surface area (Å²) in [6, 6.07) is 5.06. The van der Waals surface area contributed by atoms with E-state index in [1.807, 2.05) is 26.8 Å². The lowest BCUT2D eigenvalue weighted by Gasteiger charge is -2.16. The van der Waals surface area contributed by atoms with Gasteiger partial charge in [0.2, 0.25) is 5.91 Å². The van der Waals surface area contributed by atoms with Gasteiger partial charge in [-0.2, -0.15) is 10.1 Å². The minimum Gasteiger partial charge on any atom is -0.350 e. The molecule has 8 heteroatoms. The minimum absolute atomic E-state index is 0.0546. The van der Waals surface area contributed by atoms with Gasteiger partial charge in [-0.05, 0) is 50.5 Å². The maximum Gasteiger partial charge on any atom is 0.252 e. The second-order valence-electron chi connectivity index (χ2n) is 6.19. The molecular formula is C18H19Cl2N5O. The molecule has 0 aliphatic carbocycles. The lowest BCUT2D eigenvalue weighted by molar-refractivity contribution is -0.121. The number of amides is 1. The van der Waals surface area contributed by atoms with Crippen molar-refractivity contribution in [2.24, 2.45) is 0 Å². The molecule has 3 aromatic rings. The van der Waals surface area contributed by atoms with Crippen LogP contribution in [-0.4, -0.2) is 25.5 Å². The molecule has 0 radical (unpaired) electrons. The van der Waals surface area contributed by atoms with Gasteiger partial charge in [-0.1, -0.05) is 29.3 Å². The molecule has 1 aromatic carbocycles. The number of nitrogens with zero attached hydrogens (tertiary/aromatic N) is 4. The Morgan fingerprint density at radius 3 is 2.81 bits per heavy atom. The molecule has 2 aromatic heterocycles. The number of aryl methyl sites for hydroxylation is 2. The first-order valence-corrected chi connectivity index (χ1v) is 9.02. The summed E-state index contributed by atoms with van der Waals surface area (Å²) in [6.45, 7) is 5.78. The van der Waals surface area contributed by atoms with Crippen LogP contribution in [0.25, 0.3) is 5.78 Å². The van der Waals surface area contributed by atoms with Gasteiger partial charge in [-0.15, -0.1) is 0 Å². The molecule has 0 bridgehead atoms. The summed E-state index contributed by atoms with van der Waals surface area (Å²) in [5.74, 6) is 0.514. The zero-order valence-corrected chi connectivity index (χ0v) is 16.3. The fraction of sp³-hybridized carbons (Fsp3) is 0.333. The number of benzene rings is 1. The molecule has 0 unspecified atom stereocenters. The van der Waals surface area contributed by atoms with Crippen molar-refractivity contribution >= 4 is 34.9 Å². The number of hydrogen-bond donors (Lipinski definition) is 1.